The van der Waals surface area contributed by atoms with Crippen LogP contribution >= 0.6 is 35.3 Å². The maximum absolute atomic E-state index is 13.3. The molecular weight excluding hydrogens is 1490 g/mol. The molecule has 0 bridgehead atoms. The van der Waals surface area contributed by atoms with Crippen LogP contribution in [0.3, 0.4) is 0 Å². The van der Waals surface area contributed by atoms with Crippen molar-refractivity contribution < 1.29 is 79.5 Å². The monoisotopic (exact) mass is 1560 g/mol. The van der Waals surface area contributed by atoms with Gasteiger partial charge in [0, 0.05) is 67.6 Å². The number of aromatic nitrogens is 6. The van der Waals surface area contributed by atoms with E-state index in [4.69, 9.17) is 5.73 Å². The summed E-state index contributed by atoms with van der Waals surface area (Å²) in [7, 11) is -13.2. The number of carboxylic acid groups (broad SMARTS) is 1. The van der Waals surface area contributed by atoms with Crippen LogP contribution in [0, 0.1) is 11.3 Å². The molecule has 6 aliphatic rings. The van der Waals surface area contributed by atoms with Crippen molar-refractivity contribution in [2.24, 2.45) is 5.73 Å². The van der Waals surface area contributed by atoms with Gasteiger partial charge in [0.05, 0.1) is 48.5 Å². The number of amides is 1. The van der Waals surface area contributed by atoms with Crippen LogP contribution in [0.4, 0.5) is 39.5 Å². The van der Waals surface area contributed by atoms with Gasteiger partial charge in [0.1, 0.15) is 39.6 Å². The second-order valence-electron chi connectivity index (χ2n) is 26.7. The molecule has 9 aromatic rings. The Morgan fingerprint density at radius 3 is 1.03 bits per heavy atom. The third kappa shape index (κ3) is 13.6. The van der Waals surface area contributed by atoms with Crippen LogP contribution in [0.2, 0.25) is 0 Å². The van der Waals surface area contributed by atoms with E-state index >= 15 is 0 Å². The van der Waals surface area contributed by atoms with Crippen molar-refractivity contribution in [1.82, 2.24) is 42.8 Å². The molecule has 0 unspecified atom stereocenters. The Labute approximate surface area is 603 Å². The Morgan fingerprint density at radius 2 is 0.769 bits per heavy atom. The summed E-state index contributed by atoms with van der Waals surface area (Å²) in [6, 6.07) is 24.6. The number of nitrogens with zero attached hydrogens (tertiary/aromatic N) is 7. The van der Waals surface area contributed by atoms with Crippen molar-refractivity contribution in [2.45, 2.75) is 179 Å². The number of nitrogens with one attached hydrogen (secondary N) is 3. The van der Waals surface area contributed by atoms with Gasteiger partial charge in [0.15, 0.2) is 0 Å². The summed E-state index contributed by atoms with van der Waals surface area (Å²) in [5, 5.41) is 22.0. The largest absolute Gasteiger partial charge is 0.478 e. The normalized spacial score (nSPS) is 18.0. The third-order valence-corrected chi connectivity index (χ3v) is 27.0. The summed E-state index contributed by atoms with van der Waals surface area (Å²) in [5.41, 5.74) is 4.47. The number of sulfonamides is 3. The Bertz CT molecular complexity index is 5090. The number of fused-ring (bicyclic) bond motifs is 3. The molecule has 0 atom stereocenters. The number of aromatic carboxylic acids is 1. The molecule has 0 radical (unpaired) electrons. The first-order chi connectivity index (χ1) is 49.0. The van der Waals surface area contributed by atoms with Crippen molar-refractivity contribution >= 4 is 110 Å². The van der Waals surface area contributed by atoms with Crippen LogP contribution in [-0.4, -0.2) is 125 Å². The quantitative estimate of drug-likeness (QED) is 0.0350. The molecule has 6 N–H and O–H groups in total. The second-order valence-corrected chi connectivity index (χ2v) is 34.4. The average molecular weight is 1560 g/mol. The number of carbonyl (C=O) groups is 2. The fourth-order valence-corrected chi connectivity index (χ4v) is 18.8. The zero-order valence-corrected chi connectivity index (χ0v) is 60.4. The maximum atomic E-state index is 13.3. The SMILES string of the molecule is CSc1cnc2c(c1)c(C#N)c(-c1ccc(S(=O)(=O)NC3(C(F)(F)F)CC3)cc1)n2C1CCC1.CSc1cnc2c(c1)c(C(=O)O)c(-c1ccc(S(=O)(=O)NC3(C(F)(F)F)CC3)cc1)n2C1CCC1.CSc1cnc2c(c1)c(C(N)=O)c(-c1ccc(S(=O)(=O)NC3(C(F)(F)F)CC3)cc1)n2C1CCC1. The van der Waals surface area contributed by atoms with Gasteiger partial charge in [-0.1, -0.05) is 36.4 Å². The minimum absolute atomic E-state index is 0.0554. The van der Waals surface area contributed by atoms with Crippen molar-refractivity contribution in [3.63, 3.8) is 0 Å². The van der Waals surface area contributed by atoms with E-state index in [1.165, 1.54) is 95.9 Å². The lowest BCUT2D eigenvalue weighted by Crippen LogP contribution is -2.47. The van der Waals surface area contributed by atoms with Gasteiger partial charge in [-0.05, 0) is 186 Å². The highest BCUT2D eigenvalue weighted by molar-refractivity contribution is 7.99. The van der Waals surface area contributed by atoms with Gasteiger partial charge in [-0.15, -0.1) is 35.3 Å². The van der Waals surface area contributed by atoms with E-state index < -0.39 is 77.1 Å². The highest BCUT2D eigenvalue weighted by Gasteiger charge is 2.67. The number of alkyl halides is 9. The summed E-state index contributed by atoms with van der Waals surface area (Å²) in [4.78, 5) is 40.5. The molecule has 3 aromatic carbocycles. The Kier molecular flexibility index (Phi) is 19.6. The predicted octanol–water partition coefficient (Wildman–Crippen LogP) is 15.2. The number of carbonyl (C=O) groups excluding carboxylic acids is 1. The first-order valence-corrected chi connectivity index (χ1v) is 41.0. The summed E-state index contributed by atoms with van der Waals surface area (Å²) >= 11 is 4.44. The zero-order valence-electron chi connectivity index (χ0n) is 55.5. The lowest BCUT2D eigenvalue weighted by molar-refractivity contribution is -0.161. The van der Waals surface area contributed by atoms with Gasteiger partial charge in [-0.25, -0.2) is 45.0 Å². The van der Waals surface area contributed by atoms with Gasteiger partial charge >= 0.3 is 24.5 Å². The molecule has 104 heavy (non-hydrogen) atoms. The van der Waals surface area contributed by atoms with E-state index in [0.29, 0.717) is 67.0 Å². The van der Waals surface area contributed by atoms with E-state index in [0.717, 1.165) is 77.9 Å². The van der Waals surface area contributed by atoms with Crippen LogP contribution in [0.1, 0.15) is 141 Å². The van der Waals surface area contributed by atoms with Gasteiger partial charge in [0.25, 0.3) is 5.91 Å². The number of pyridine rings is 3. The number of nitriles is 1. The Morgan fingerprint density at radius 1 is 0.490 bits per heavy atom. The zero-order chi connectivity index (χ0) is 74.6. The summed E-state index contributed by atoms with van der Waals surface area (Å²) in [6.45, 7) is 0. The van der Waals surface area contributed by atoms with Crippen LogP contribution in [0.5, 0.6) is 0 Å². The molecule has 0 saturated heterocycles. The minimum Gasteiger partial charge on any atom is -0.478 e. The predicted molar refractivity (Wildman–Crippen MR) is 375 cm³/mol. The topological polar surface area (TPSA) is 296 Å². The van der Waals surface area contributed by atoms with Crippen molar-refractivity contribution in [1.29, 1.82) is 5.26 Å². The summed E-state index contributed by atoms with van der Waals surface area (Å²) in [6.07, 6.45) is 3.67. The molecule has 1 amide bonds. The van der Waals surface area contributed by atoms with Crippen LogP contribution in [-0.2, 0) is 30.1 Å². The van der Waals surface area contributed by atoms with E-state index in [2.05, 4.69) is 21.0 Å². The first-order valence-electron chi connectivity index (χ1n) is 32.9. The van der Waals surface area contributed by atoms with Gasteiger partial charge in [0.2, 0.25) is 30.1 Å². The smallest absolute Gasteiger partial charge is 0.407 e. The van der Waals surface area contributed by atoms with Crippen molar-refractivity contribution in [3.05, 3.63) is 126 Å². The molecule has 20 nitrogen and oxygen atoms in total. The lowest BCUT2D eigenvalue weighted by atomic mass is 9.92. The Balaban J connectivity index is 0.000000139. The standard InChI is InChI=1S/C23H23F3N4O3S2.C23H21F3N4O2S2.C23H22F3N3O4S2/c1-34-15-11-17-18(20(27)31)19(30(14-3-2-4-14)21(17)28-12-15)13-5-7-16(8-6-13)35(32,33)29-22(9-10-22)23(24,25)26;1-33-16-11-18-19(12-27)20(30(15-3-2-4-15)21(18)28-13-16)14-5-7-17(8-6-14)34(31,32)29-22(9-10-22)23(24,25)26;1-34-15-11-17-18(21(30)31)19(29(14-3-2-4-14)20(17)27-12-15)13-5-7-16(8-6-13)35(32,33)28-22(9-10-22)23(24,25)26/h5-8,11-12,14,29H,2-4,9-10H2,1H3,(H2,27,31);5-8,11,13,15,29H,2-4,9-10H2,1H3;5-8,11-12,14,28H,2-4,9-10H2,1H3,(H,30,31). The van der Waals surface area contributed by atoms with Crippen molar-refractivity contribution in [3.8, 4) is 39.8 Å². The Hall–Kier alpha value is -7.69. The number of nitrogens with two attached hydrogens (primary N) is 1. The number of halogens is 9. The summed E-state index contributed by atoms with van der Waals surface area (Å²) < 4.78 is 207. The van der Waals surface area contributed by atoms with Crippen LogP contribution < -0.4 is 19.9 Å². The number of hydrogen-bond acceptors (Lipinski definition) is 15. The van der Waals surface area contributed by atoms with E-state index in [-0.39, 0.29) is 82.5 Å². The number of hydrogen-bond donors (Lipinski definition) is 5. The summed E-state index contributed by atoms with van der Waals surface area (Å²) in [5.74, 6) is -1.77. The molecule has 15 rings (SSSR count). The number of rotatable bonds is 20. The van der Waals surface area contributed by atoms with Gasteiger partial charge in [-0.3, -0.25) is 4.79 Å². The highest BCUT2D eigenvalue weighted by Crippen LogP contribution is 2.53. The lowest BCUT2D eigenvalue weighted by Gasteiger charge is -2.30. The van der Waals surface area contributed by atoms with Crippen LogP contribution in [0.25, 0.3) is 66.9 Å². The number of benzene rings is 3. The number of primary amides is 1. The van der Waals surface area contributed by atoms with E-state index in [9.17, 15) is 84.7 Å². The molecule has 6 heterocycles. The van der Waals surface area contributed by atoms with Gasteiger partial charge in [-0.2, -0.15) is 58.9 Å². The molecule has 0 aliphatic heterocycles. The minimum atomic E-state index is -4.68. The molecule has 6 aliphatic carbocycles. The second kappa shape index (κ2) is 27.3. The first kappa shape index (κ1) is 74.6. The van der Waals surface area contributed by atoms with E-state index in [1.807, 2.05) is 54.0 Å². The maximum Gasteiger partial charge on any atom is 0.407 e. The fourth-order valence-electron chi connectivity index (χ4n) is 13.3. The molecule has 550 valence electrons. The fraction of sp³-hybridized carbons (Fsp3) is 0.391. The van der Waals surface area contributed by atoms with E-state index in [1.54, 1.807) is 41.5 Å². The molecule has 6 saturated carbocycles. The highest BCUT2D eigenvalue weighted by atomic mass is 32.2. The molecular formula is C69H66F9N11O9S6. The van der Waals surface area contributed by atoms with Gasteiger partial charge < -0.3 is 24.5 Å². The number of thioether (sulfide) groups is 3. The molecule has 6 aromatic heterocycles. The third-order valence-electron chi connectivity index (χ3n) is 20.2. The number of carboxylic acids is 1. The molecule has 0 spiro atoms. The average Bonchev–Trinajstić information content (AvgIpc) is 1.60. The van der Waals surface area contributed by atoms with Crippen molar-refractivity contribution in [2.75, 3.05) is 18.8 Å². The molecule has 35 heteroatoms. The molecule has 6 fully saturated rings. The van der Waals surface area contributed by atoms with Crippen LogP contribution in [0.15, 0.2) is 139 Å².